The molecule has 3 rings (SSSR count). The fourth-order valence-electron chi connectivity index (χ4n) is 3.74. The van der Waals surface area contributed by atoms with Gasteiger partial charge in [0.05, 0.1) is 11.4 Å². The summed E-state index contributed by atoms with van der Waals surface area (Å²) in [5.74, 6) is 0.438. The molecule has 0 radical (unpaired) electrons. The van der Waals surface area contributed by atoms with Gasteiger partial charge >= 0.3 is 0 Å². The maximum Gasteiger partial charge on any atom is 0.251 e. The minimum absolute atomic E-state index is 0. The molecule has 2 unspecified atom stereocenters. The number of sulfonamides is 1. The Morgan fingerprint density at radius 1 is 1.32 bits per heavy atom. The van der Waals surface area contributed by atoms with E-state index in [0.29, 0.717) is 36.7 Å². The largest absolute Gasteiger partial charge is 0.349 e. The van der Waals surface area contributed by atoms with Crippen LogP contribution in [0.1, 0.15) is 41.6 Å². The number of hydrogen-bond donors (Lipinski definition) is 2. The molecule has 0 bridgehead atoms. The van der Waals surface area contributed by atoms with Gasteiger partial charge in [0, 0.05) is 18.2 Å². The van der Waals surface area contributed by atoms with E-state index >= 15 is 0 Å². The lowest BCUT2D eigenvalue weighted by Gasteiger charge is -2.21. The summed E-state index contributed by atoms with van der Waals surface area (Å²) in [6, 6.07) is 5.37. The van der Waals surface area contributed by atoms with Crippen molar-refractivity contribution in [2.24, 2.45) is 11.7 Å². The van der Waals surface area contributed by atoms with E-state index in [-0.39, 0.29) is 30.1 Å². The predicted octanol–water partition coefficient (Wildman–Crippen LogP) is 1.81. The Balaban J connectivity index is 0.00000225. The van der Waals surface area contributed by atoms with Crippen LogP contribution in [0, 0.1) is 12.8 Å². The lowest BCUT2D eigenvalue weighted by Crippen LogP contribution is -2.40. The second-order valence-electron chi connectivity index (χ2n) is 6.75. The van der Waals surface area contributed by atoms with E-state index < -0.39 is 10.0 Å². The molecule has 25 heavy (non-hydrogen) atoms. The first kappa shape index (κ1) is 20.0. The van der Waals surface area contributed by atoms with Gasteiger partial charge in [-0.3, -0.25) is 9.10 Å². The Hall–Kier alpha value is -1.31. The molecule has 1 saturated heterocycles. The molecular formula is C17H26ClN3O3S. The van der Waals surface area contributed by atoms with Crippen molar-refractivity contribution >= 4 is 34.0 Å². The number of carbonyl (C=O) groups excluding carboxylic acids is 1. The average Bonchev–Trinajstić information content (AvgIpc) is 3.12. The Morgan fingerprint density at radius 2 is 2.08 bits per heavy atom. The monoisotopic (exact) mass is 387 g/mol. The van der Waals surface area contributed by atoms with Gasteiger partial charge in [0.15, 0.2) is 0 Å². The molecule has 1 aromatic rings. The lowest BCUT2D eigenvalue weighted by atomic mass is 10.0. The van der Waals surface area contributed by atoms with Crippen molar-refractivity contribution in [1.29, 1.82) is 0 Å². The van der Waals surface area contributed by atoms with Gasteiger partial charge in [-0.25, -0.2) is 8.42 Å². The first-order valence-electron chi connectivity index (χ1n) is 8.54. The molecule has 1 aliphatic heterocycles. The van der Waals surface area contributed by atoms with Crippen molar-refractivity contribution in [3.05, 3.63) is 29.3 Å². The average molecular weight is 388 g/mol. The molecule has 1 amide bonds. The van der Waals surface area contributed by atoms with Gasteiger partial charge in [0.25, 0.3) is 5.91 Å². The van der Waals surface area contributed by atoms with Gasteiger partial charge in [-0.05, 0) is 62.4 Å². The Kier molecular flexibility index (Phi) is 6.35. The topological polar surface area (TPSA) is 92.5 Å². The Morgan fingerprint density at radius 3 is 2.68 bits per heavy atom. The quantitative estimate of drug-likeness (QED) is 0.824. The van der Waals surface area contributed by atoms with E-state index in [1.54, 1.807) is 18.2 Å². The number of aryl methyl sites for hydroxylation is 1. The highest BCUT2D eigenvalue weighted by Crippen LogP contribution is 2.27. The second kappa shape index (κ2) is 7.93. The summed E-state index contributed by atoms with van der Waals surface area (Å²) in [4.78, 5) is 12.6. The van der Waals surface area contributed by atoms with E-state index in [1.165, 1.54) is 4.31 Å². The number of anilines is 1. The van der Waals surface area contributed by atoms with Crippen LogP contribution in [0.3, 0.4) is 0 Å². The van der Waals surface area contributed by atoms with Crippen LogP contribution < -0.4 is 15.4 Å². The summed E-state index contributed by atoms with van der Waals surface area (Å²) in [6.45, 7) is 2.94. The van der Waals surface area contributed by atoms with Gasteiger partial charge in [0.2, 0.25) is 10.0 Å². The maximum absolute atomic E-state index is 12.6. The van der Waals surface area contributed by atoms with Crippen LogP contribution in [0.4, 0.5) is 5.69 Å². The molecule has 1 aliphatic carbocycles. The van der Waals surface area contributed by atoms with E-state index in [4.69, 9.17) is 5.73 Å². The lowest BCUT2D eigenvalue weighted by molar-refractivity contribution is 0.0928. The number of nitrogens with two attached hydrogens (primary N) is 1. The third-order valence-electron chi connectivity index (χ3n) is 5.12. The minimum Gasteiger partial charge on any atom is -0.349 e. The number of hydrogen-bond acceptors (Lipinski definition) is 4. The van der Waals surface area contributed by atoms with Crippen LogP contribution in [0.5, 0.6) is 0 Å². The highest BCUT2D eigenvalue weighted by Gasteiger charge is 2.30. The molecule has 1 saturated carbocycles. The highest BCUT2D eigenvalue weighted by atomic mass is 35.5. The van der Waals surface area contributed by atoms with Crippen LogP contribution >= 0.6 is 12.4 Å². The van der Waals surface area contributed by atoms with E-state index in [1.807, 2.05) is 6.92 Å². The maximum atomic E-state index is 12.6. The summed E-state index contributed by atoms with van der Waals surface area (Å²) in [6.07, 6.45) is 3.77. The Labute approximate surface area is 155 Å². The van der Waals surface area contributed by atoms with E-state index in [0.717, 1.165) is 24.8 Å². The molecule has 0 spiro atoms. The number of carbonyl (C=O) groups is 1. The summed E-state index contributed by atoms with van der Waals surface area (Å²) in [5, 5.41) is 3.09. The number of rotatable bonds is 4. The van der Waals surface area contributed by atoms with Gasteiger partial charge < -0.3 is 11.1 Å². The molecule has 6 nitrogen and oxygen atoms in total. The molecule has 2 aliphatic rings. The van der Waals surface area contributed by atoms with Crippen LogP contribution in [0.25, 0.3) is 0 Å². The van der Waals surface area contributed by atoms with Crippen molar-refractivity contribution in [2.75, 3.05) is 23.1 Å². The molecule has 1 aromatic carbocycles. The predicted molar refractivity (Wildman–Crippen MR) is 102 cm³/mol. The number of benzene rings is 1. The van der Waals surface area contributed by atoms with Crippen LogP contribution in [-0.2, 0) is 10.0 Å². The van der Waals surface area contributed by atoms with Gasteiger partial charge in [-0.1, -0.05) is 6.42 Å². The van der Waals surface area contributed by atoms with Crippen molar-refractivity contribution in [1.82, 2.24) is 5.32 Å². The zero-order chi connectivity index (χ0) is 17.3. The number of amides is 1. The third-order valence-corrected chi connectivity index (χ3v) is 6.99. The summed E-state index contributed by atoms with van der Waals surface area (Å²) in [7, 11) is -3.20. The normalized spacial score (nSPS) is 24.8. The zero-order valence-electron chi connectivity index (χ0n) is 14.4. The molecule has 3 N–H and O–H groups in total. The van der Waals surface area contributed by atoms with Crippen LogP contribution in [0.15, 0.2) is 18.2 Å². The first-order chi connectivity index (χ1) is 11.4. The molecule has 0 aromatic heterocycles. The van der Waals surface area contributed by atoms with Crippen molar-refractivity contribution < 1.29 is 13.2 Å². The van der Waals surface area contributed by atoms with E-state index in [2.05, 4.69) is 5.32 Å². The zero-order valence-corrected chi connectivity index (χ0v) is 16.0. The van der Waals surface area contributed by atoms with Crippen LogP contribution in [0.2, 0.25) is 0 Å². The fraction of sp³-hybridized carbons (Fsp3) is 0.588. The Bertz CT molecular complexity index is 739. The number of halogens is 1. The number of nitrogens with one attached hydrogen (secondary N) is 1. The van der Waals surface area contributed by atoms with Gasteiger partial charge in [-0.15, -0.1) is 12.4 Å². The molecule has 8 heteroatoms. The standard InChI is InChI=1S/C17H25N3O3S.ClH/c1-12-10-14(20-8-3-9-24(20,22)23)6-7-15(12)17(21)19-16-5-2-4-13(16)11-18;/h6-7,10,13,16H,2-5,8-9,11,18H2,1H3,(H,19,21);1H. The first-order valence-corrected chi connectivity index (χ1v) is 10.2. The van der Waals surface area contributed by atoms with Crippen LogP contribution in [-0.4, -0.2) is 39.2 Å². The number of nitrogens with zero attached hydrogens (tertiary/aromatic N) is 1. The van der Waals surface area contributed by atoms with Gasteiger partial charge in [0.1, 0.15) is 0 Å². The summed E-state index contributed by atoms with van der Waals surface area (Å²) >= 11 is 0. The molecule has 2 fully saturated rings. The highest BCUT2D eigenvalue weighted by molar-refractivity contribution is 7.93. The van der Waals surface area contributed by atoms with Crippen molar-refractivity contribution in [3.63, 3.8) is 0 Å². The smallest absolute Gasteiger partial charge is 0.251 e. The van der Waals surface area contributed by atoms with Crippen molar-refractivity contribution in [3.8, 4) is 0 Å². The SMILES string of the molecule is Cc1cc(N2CCCS2(=O)=O)ccc1C(=O)NC1CCCC1CN.Cl. The summed E-state index contributed by atoms with van der Waals surface area (Å²) in [5.41, 5.74) is 7.79. The van der Waals surface area contributed by atoms with Crippen molar-refractivity contribution in [2.45, 2.75) is 38.6 Å². The minimum atomic E-state index is -3.20. The summed E-state index contributed by atoms with van der Waals surface area (Å²) < 4.78 is 25.5. The molecule has 1 heterocycles. The molecular weight excluding hydrogens is 362 g/mol. The second-order valence-corrected chi connectivity index (χ2v) is 8.76. The third kappa shape index (κ3) is 4.10. The molecule has 140 valence electrons. The fourth-order valence-corrected chi connectivity index (χ4v) is 5.30. The van der Waals surface area contributed by atoms with Gasteiger partial charge in [-0.2, -0.15) is 0 Å². The van der Waals surface area contributed by atoms with E-state index in [9.17, 15) is 13.2 Å². The molecule has 2 atom stereocenters.